The van der Waals surface area contributed by atoms with Crippen LogP contribution in [0, 0.1) is 11.3 Å². The number of hydrogen-bond acceptors (Lipinski definition) is 5. The van der Waals surface area contributed by atoms with E-state index in [0.29, 0.717) is 16.0 Å². The van der Waals surface area contributed by atoms with Gasteiger partial charge in [-0.3, -0.25) is 4.79 Å². The lowest BCUT2D eigenvalue weighted by molar-refractivity contribution is -0.122. The molecule has 0 saturated heterocycles. The van der Waals surface area contributed by atoms with E-state index in [1.165, 1.54) is 11.8 Å². The van der Waals surface area contributed by atoms with E-state index in [-0.39, 0.29) is 18.6 Å². The van der Waals surface area contributed by atoms with Gasteiger partial charge in [-0.25, -0.2) is 4.79 Å². The Bertz CT molecular complexity index is 1190. The summed E-state index contributed by atoms with van der Waals surface area (Å²) in [6.45, 7) is 1.66. The maximum atomic E-state index is 12.8. The van der Waals surface area contributed by atoms with E-state index >= 15 is 0 Å². The molecule has 3 aromatic rings. The molecule has 154 valence electrons. The molecule has 6 heteroatoms. The van der Waals surface area contributed by atoms with E-state index in [4.69, 9.17) is 4.74 Å². The van der Waals surface area contributed by atoms with E-state index < -0.39 is 5.97 Å². The van der Waals surface area contributed by atoms with Crippen molar-refractivity contribution >= 4 is 29.3 Å². The van der Waals surface area contributed by atoms with Crippen LogP contribution in [0.3, 0.4) is 0 Å². The summed E-state index contributed by atoms with van der Waals surface area (Å²) in [5.74, 6) is -0.809. The fraction of sp³-hybridized carbons (Fsp3) is 0.160. The minimum absolute atomic E-state index is 0.0222. The smallest absolute Gasteiger partial charge is 0.339 e. The molecule has 1 heterocycles. The van der Waals surface area contributed by atoms with Crippen LogP contribution in [0.1, 0.15) is 28.4 Å². The van der Waals surface area contributed by atoms with Gasteiger partial charge in [0.15, 0.2) is 6.61 Å². The first-order chi connectivity index (χ1) is 15.1. The van der Waals surface area contributed by atoms with E-state index in [9.17, 15) is 14.9 Å². The maximum Gasteiger partial charge on any atom is 0.339 e. The van der Waals surface area contributed by atoms with Gasteiger partial charge in [-0.15, -0.1) is 0 Å². The summed E-state index contributed by atoms with van der Waals surface area (Å²) >= 11 is 1.33. The Balaban J connectivity index is 1.48. The molecule has 0 N–H and O–H groups in total. The third-order valence-corrected chi connectivity index (χ3v) is 6.29. The SMILES string of the molecule is CC1Cc2ccccc2N1C(=O)COC(=O)c1ccccc1Sc1ccccc1C#N. The number of fused-ring (bicyclic) bond motifs is 1. The molecule has 0 saturated carbocycles. The monoisotopic (exact) mass is 428 g/mol. The fourth-order valence-corrected chi connectivity index (χ4v) is 4.73. The number of anilines is 1. The van der Waals surface area contributed by atoms with Gasteiger partial charge in [0.25, 0.3) is 5.91 Å². The summed E-state index contributed by atoms with van der Waals surface area (Å²) in [6, 6.07) is 24.2. The molecule has 31 heavy (non-hydrogen) atoms. The largest absolute Gasteiger partial charge is 0.452 e. The third kappa shape index (κ3) is 4.32. The average Bonchev–Trinajstić information content (AvgIpc) is 3.13. The molecule has 1 aliphatic rings. The zero-order chi connectivity index (χ0) is 21.8. The molecule has 1 unspecified atom stereocenters. The van der Waals surface area contributed by atoms with Crippen LogP contribution in [0.4, 0.5) is 5.69 Å². The van der Waals surface area contributed by atoms with Gasteiger partial charge in [0.2, 0.25) is 0 Å². The number of carbonyl (C=O) groups excluding carboxylic acids is 2. The third-order valence-electron chi connectivity index (χ3n) is 5.14. The normalized spacial score (nSPS) is 14.6. The van der Waals surface area contributed by atoms with Gasteiger partial charge in [0.1, 0.15) is 6.07 Å². The molecule has 5 nitrogen and oxygen atoms in total. The predicted molar refractivity (Wildman–Crippen MR) is 119 cm³/mol. The number of carbonyl (C=O) groups is 2. The Morgan fingerprint density at radius 2 is 1.71 bits per heavy atom. The van der Waals surface area contributed by atoms with Crippen molar-refractivity contribution in [3.05, 3.63) is 89.5 Å². The summed E-state index contributed by atoms with van der Waals surface area (Å²) in [5.41, 5.74) is 2.89. The molecule has 3 aromatic carbocycles. The van der Waals surface area contributed by atoms with Crippen molar-refractivity contribution in [2.75, 3.05) is 11.5 Å². The molecule has 0 aliphatic carbocycles. The first-order valence-corrected chi connectivity index (χ1v) is 10.7. The second-order valence-electron chi connectivity index (χ2n) is 7.23. The van der Waals surface area contributed by atoms with Gasteiger partial charge in [-0.2, -0.15) is 5.26 Å². The summed E-state index contributed by atoms with van der Waals surface area (Å²) in [6.07, 6.45) is 0.785. The quantitative estimate of drug-likeness (QED) is 0.544. The Kier molecular flexibility index (Phi) is 6.06. The highest BCUT2D eigenvalue weighted by Crippen LogP contribution is 2.34. The van der Waals surface area contributed by atoms with Gasteiger partial charge in [0, 0.05) is 21.5 Å². The van der Waals surface area contributed by atoms with Crippen molar-refractivity contribution < 1.29 is 14.3 Å². The van der Waals surface area contributed by atoms with E-state index in [2.05, 4.69) is 6.07 Å². The average molecular weight is 429 g/mol. The molecule has 0 spiro atoms. The van der Waals surface area contributed by atoms with Gasteiger partial charge in [-0.05, 0) is 49.2 Å². The molecule has 0 fully saturated rings. The highest BCUT2D eigenvalue weighted by Gasteiger charge is 2.31. The van der Waals surface area contributed by atoms with E-state index in [1.807, 2.05) is 49.4 Å². The lowest BCUT2D eigenvalue weighted by atomic mass is 10.1. The van der Waals surface area contributed by atoms with Crippen LogP contribution in [-0.2, 0) is 16.0 Å². The highest BCUT2D eigenvalue weighted by molar-refractivity contribution is 7.99. The Hall–Kier alpha value is -3.56. The zero-order valence-electron chi connectivity index (χ0n) is 16.9. The first kappa shape index (κ1) is 20.7. The second kappa shape index (κ2) is 9.07. The number of ether oxygens (including phenoxy) is 1. The number of amides is 1. The minimum atomic E-state index is -0.564. The Morgan fingerprint density at radius 3 is 2.52 bits per heavy atom. The van der Waals surface area contributed by atoms with Crippen LogP contribution in [0.15, 0.2) is 82.6 Å². The lowest BCUT2D eigenvalue weighted by Crippen LogP contribution is -2.38. The lowest BCUT2D eigenvalue weighted by Gasteiger charge is -2.22. The van der Waals surface area contributed by atoms with Gasteiger partial charge in [0.05, 0.1) is 11.1 Å². The van der Waals surface area contributed by atoms with Crippen LogP contribution < -0.4 is 4.90 Å². The molecule has 1 atom stereocenters. The van der Waals surface area contributed by atoms with Crippen molar-refractivity contribution in [3.63, 3.8) is 0 Å². The number of nitrogens with zero attached hydrogens (tertiary/aromatic N) is 2. The van der Waals surface area contributed by atoms with Crippen LogP contribution >= 0.6 is 11.8 Å². The summed E-state index contributed by atoms with van der Waals surface area (Å²) in [7, 11) is 0. The van der Waals surface area contributed by atoms with Crippen molar-refractivity contribution in [1.29, 1.82) is 5.26 Å². The van der Waals surface area contributed by atoms with E-state index in [1.54, 1.807) is 35.2 Å². The minimum Gasteiger partial charge on any atom is -0.452 e. The molecule has 0 aromatic heterocycles. The van der Waals surface area contributed by atoms with Crippen molar-refractivity contribution in [3.8, 4) is 6.07 Å². The van der Waals surface area contributed by atoms with Gasteiger partial charge >= 0.3 is 5.97 Å². The number of hydrogen-bond donors (Lipinski definition) is 0. The van der Waals surface area contributed by atoms with Crippen molar-refractivity contribution in [2.45, 2.75) is 29.2 Å². The molecule has 0 bridgehead atoms. The molecule has 1 aliphatic heterocycles. The first-order valence-electron chi connectivity index (χ1n) is 9.91. The Morgan fingerprint density at radius 1 is 1.03 bits per heavy atom. The topological polar surface area (TPSA) is 70.4 Å². The van der Waals surface area contributed by atoms with Crippen molar-refractivity contribution in [1.82, 2.24) is 0 Å². The summed E-state index contributed by atoms with van der Waals surface area (Å²) in [4.78, 5) is 28.7. The maximum absolute atomic E-state index is 12.8. The van der Waals surface area contributed by atoms with Crippen LogP contribution in [0.5, 0.6) is 0 Å². The van der Waals surface area contributed by atoms with E-state index in [0.717, 1.165) is 22.6 Å². The van der Waals surface area contributed by atoms with Crippen molar-refractivity contribution in [2.24, 2.45) is 0 Å². The standard InChI is InChI=1S/C25H20N2O3S/c1-17-14-18-8-2-5-11-21(18)27(17)24(28)16-30-25(29)20-10-4-7-13-23(20)31-22-12-6-3-9-19(22)15-26/h2-13,17H,14,16H2,1H3. The molecular weight excluding hydrogens is 408 g/mol. The van der Waals surface area contributed by atoms with Gasteiger partial charge < -0.3 is 9.64 Å². The van der Waals surface area contributed by atoms with Crippen LogP contribution in [0.2, 0.25) is 0 Å². The predicted octanol–water partition coefficient (Wildman–Crippen LogP) is 4.84. The molecule has 4 rings (SSSR count). The number of nitriles is 1. The molecule has 0 radical (unpaired) electrons. The molecular formula is C25H20N2O3S. The second-order valence-corrected chi connectivity index (χ2v) is 8.31. The summed E-state index contributed by atoms with van der Waals surface area (Å²) < 4.78 is 5.39. The van der Waals surface area contributed by atoms with Crippen LogP contribution in [0.25, 0.3) is 0 Å². The number of para-hydroxylation sites is 1. The summed E-state index contributed by atoms with van der Waals surface area (Å²) in [5, 5.41) is 9.32. The Labute approximate surface area is 185 Å². The number of esters is 1. The highest BCUT2D eigenvalue weighted by atomic mass is 32.2. The van der Waals surface area contributed by atoms with Gasteiger partial charge in [-0.1, -0.05) is 54.2 Å². The zero-order valence-corrected chi connectivity index (χ0v) is 17.8. The number of rotatable bonds is 5. The molecule has 1 amide bonds. The fourth-order valence-electron chi connectivity index (χ4n) is 3.71. The number of benzene rings is 3. The van der Waals surface area contributed by atoms with Crippen LogP contribution in [-0.4, -0.2) is 24.5 Å².